The zero-order valence-electron chi connectivity index (χ0n) is 48.4. The number of hydrogen-bond donors (Lipinski definition) is 0. The SMILES string of the molecule is CC(C)(C)c1ccc2oc3c(c2c1)B1c2cc4c(cc2N(c2ccc5c(c2)C(C)(C)CCC5(C)C)c2cc(-c5ccccc5[Si](C)(C)C)cc(c21)N3c1ccc2c(c1)C(C)(C)CCC2(C)C)C(C)(C)CCC4(C)C. The second-order valence-electron chi connectivity index (χ2n) is 29.8. The molecule has 0 bridgehead atoms. The summed E-state index contributed by atoms with van der Waals surface area (Å²) in [5.41, 5.74) is 24.3. The van der Waals surface area contributed by atoms with E-state index in [4.69, 9.17) is 4.42 Å². The molecule has 382 valence electrons. The molecule has 0 unspecified atom stereocenters. The van der Waals surface area contributed by atoms with Gasteiger partial charge in [-0.2, -0.15) is 0 Å². The van der Waals surface area contributed by atoms with Crippen molar-refractivity contribution < 1.29 is 4.42 Å². The molecule has 0 saturated heterocycles. The van der Waals surface area contributed by atoms with E-state index in [2.05, 4.69) is 236 Å². The van der Waals surface area contributed by atoms with Gasteiger partial charge in [0.15, 0.2) is 0 Å². The molecule has 0 radical (unpaired) electrons. The van der Waals surface area contributed by atoms with Gasteiger partial charge in [0.05, 0.1) is 8.07 Å². The van der Waals surface area contributed by atoms with Crippen molar-refractivity contribution in [3.8, 4) is 11.1 Å². The number of fused-ring (bicyclic) bond motifs is 9. The van der Waals surface area contributed by atoms with E-state index in [1.807, 2.05) is 0 Å². The summed E-state index contributed by atoms with van der Waals surface area (Å²) < 4.78 is 7.58. The van der Waals surface area contributed by atoms with Crippen LogP contribution >= 0.6 is 0 Å². The maximum Gasteiger partial charge on any atom is 0.257 e. The second kappa shape index (κ2) is 15.7. The number of hydrogen-bond acceptors (Lipinski definition) is 3. The minimum atomic E-state index is -1.83. The average Bonchev–Trinajstić information content (AvgIpc) is 3.71. The maximum absolute atomic E-state index is 7.58. The maximum atomic E-state index is 7.58. The zero-order chi connectivity index (χ0) is 52.8. The molecular formula is C69H83BN2OSi. The third kappa shape index (κ3) is 7.38. The van der Waals surface area contributed by atoms with Gasteiger partial charge in [0.2, 0.25) is 5.88 Å². The van der Waals surface area contributed by atoms with E-state index in [1.54, 1.807) is 0 Å². The van der Waals surface area contributed by atoms with Crippen molar-refractivity contribution in [2.75, 3.05) is 9.80 Å². The number of anilines is 6. The molecule has 12 rings (SSSR count). The van der Waals surface area contributed by atoms with Crippen molar-refractivity contribution in [2.24, 2.45) is 0 Å². The number of benzene rings is 6. The van der Waals surface area contributed by atoms with Crippen molar-refractivity contribution >= 4 is 81.7 Å². The lowest BCUT2D eigenvalue weighted by atomic mass is 9.33. The topological polar surface area (TPSA) is 19.6 Å². The first kappa shape index (κ1) is 49.6. The summed E-state index contributed by atoms with van der Waals surface area (Å²) in [6, 6.07) is 42.1. The van der Waals surface area contributed by atoms with Crippen LogP contribution in [0, 0.1) is 0 Å². The van der Waals surface area contributed by atoms with Gasteiger partial charge < -0.3 is 9.32 Å². The summed E-state index contributed by atoms with van der Waals surface area (Å²) >= 11 is 0. The van der Waals surface area contributed by atoms with E-state index < -0.39 is 8.07 Å². The van der Waals surface area contributed by atoms with E-state index in [-0.39, 0.29) is 44.6 Å². The molecule has 1 aromatic heterocycles. The van der Waals surface area contributed by atoms with Gasteiger partial charge in [0, 0.05) is 39.3 Å². The highest BCUT2D eigenvalue weighted by atomic mass is 28.3. The smallest absolute Gasteiger partial charge is 0.257 e. The molecule has 74 heavy (non-hydrogen) atoms. The number of rotatable bonds is 4. The molecule has 0 N–H and O–H groups in total. The largest absolute Gasteiger partial charge is 0.440 e. The minimum absolute atomic E-state index is 0.0181. The predicted molar refractivity (Wildman–Crippen MR) is 323 cm³/mol. The molecule has 3 nitrogen and oxygen atoms in total. The molecule has 0 atom stereocenters. The van der Waals surface area contributed by atoms with Crippen LogP contribution in [0.25, 0.3) is 22.1 Å². The molecule has 7 aromatic rings. The van der Waals surface area contributed by atoms with Crippen LogP contribution in [0.15, 0.2) is 108 Å². The number of furan rings is 1. The lowest BCUT2D eigenvalue weighted by Crippen LogP contribution is -2.61. The van der Waals surface area contributed by atoms with Gasteiger partial charge in [-0.3, -0.25) is 4.90 Å². The van der Waals surface area contributed by atoms with Gasteiger partial charge in [-0.25, -0.2) is 0 Å². The predicted octanol–water partition coefficient (Wildman–Crippen LogP) is 17.1. The Morgan fingerprint density at radius 2 is 0.946 bits per heavy atom. The first-order valence-corrected chi connectivity index (χ1v) is 31.8. The lowest BCUT2D eigenvalue weighted by molar-refractivity contribution is 0.332. The van der Waals surface area contributed by atoms with Crippen molar-refractivity contribution in [1.29, 1.82) is 0 Å². The van der Waals surface area contributed by atoms with E-state index in [9.17, 15) is 0 Å². The Kier molecular flexibility index (Phi) is 10.5. The van der Waals surface area contributed by atoms with E-state index in [1.165, 1.54) is 125 Å². The Labute approximate surface area is 446 Å². The summed E-state index contributed by atoms with van der Waals surface area (Å²) in [4.78, 5) is 5.32. The highest BCUT2D eigenvalue weighted by Gasteiger charge is 2.50. The molecule has 5 heteroatoms. The molecule has 3 heterocycles. The van der Waals surface area contributed by atoms with Crippen LogP contribution in [-0.4, -0.2) is 14.8 Å². The number of nitrogens with zero attached hydrogens (tertiary/aromatic N) is 2. The Morgan fingerprint density at radius 1 is 0.473 bits per heavy atom. The Morgan fingerprint density at radius 3 is 1.47 bits per heavy atom. The summed E-state index contributed by atoms with van der Waals surface area (Å²) in [5.74, 6) is 0.951. The van der Waals surface area contributed by atoms with Crippen molar-refractivity contribution in [1.82, 2.24) is 0 Å². The highest BCUT2D eigenvalue weighted by molar-refractivity contribution is 7.01. The first-order valence-electron chi connectivity index (χ1n) is 28.3. The average molecular weight is 995 g/mol. The molecule has 5 aliphatic rings. The summed E-state index contributed by atoms with van der Waals surface area (Å²) in [7, 11) is -1.83. The van der Waals surface area contributed by atoms with Gasteiger partial charge in [-0.05, 0) is 192 Å². The fourth-order valence-corrected chi connectivity index (χ4v) is 16.2. The lowest BCUT2D eigenvalue weighted by Gasteiger charge is -2.47. The van der Waals surface area contributed by atoms with Crippen LogP contribution in [0.5, 0.6) is 0 Å². The Hall–Kier alpha value is -5.26. The zero-order valence-corrected chi connectivity index (χ0v) is 49.4. The molecule has 0 saturated carbocycles. The highest BCUT2D eigenvalue weighted by Crippen LogP contribution is 2.55. The third-order valence-corrected chi connectivity index (χ3v) is 21.8. The molecule has 2 aliphatic heterocycles. The minimum Gasteiger partial charge on any atom is -0.440 e. The quantitative estimate of drug-likeness (QED) is 0.164. The monoisotopic (exact) mass is 995 g/mol. The van der Waals surface area contributed by atoms with Gasteiger partial charge in [0.25, 0.3) is 6.71 Å². The second-order valence-corrected chi connectivity index (χ2v) is 34.9. The van der Waals surface area contributed by atoms with Crippen molar-refractivity contribution in [3.63, 3.8) is 0 Å². The van der Waals surface area contributed by atoms with E-state index in [0.717, 1.165) is 30.7 Å². The van der Waals surface area contributed by atoms with Crippen LogP contribution in [0.1, 0.15) is 181 Å². The molecular weight excluding hydrogens is 912 g/mol. The van der Waals surface area contributed by atoms with Crippen LogP contribution in [-0.2, 0) is 37.9 Å². The van der Waals surface area contributed by atoms with E-state index >= 15 is 0 Å². The van der Waals surface area contributed by atoms with Crippen LogP contribution in [0.3, 0.4) is 0 Å². The molecule has 3 aliphatic carbocycles. The van der Waals surface area contributed by atoms with Gasteiger partial charge in [-0.15, -0.1) is 0 Å². The molecule has 6 aromatic carbocycles. The summed E-state index contributed by atoms with van der Waals surface area (Å²) in [5, 5.41) is 2.71. The third-order valence-electron chi connectivity index (χ3n) is 19.8. The first-order chi connectivity index (χ1) is 34.4. The fraction of sp³-hybridized carbons (Fsp3) is 0.449. The van der Waals surface area contributed by atoms with Crippen LogP contribution in [0.2, 0.25) is 19.6 Å². The van der Waals surface area contributed by atoms with Crippen molar-refractivity contribution in [2.45, 2.75) is 200 Å². The molecule has 0 spiro atoms. The normalized spacial score (nSPS) is 20.3. The van der Waals surface area contributed by atoms with Gasteiger partial charge in [-0.1, -0.05) is 177 Å². The Balaban J connectivity index is 1.27. The summed E-state index contributed by atoms with van der Waals surface area (Å²) in [6.07, 6.45) is 7.01. The van der Waals surface area contributed by atoms with Crippen LogP contribution in [0.4, 0.5) is 34.3 Å². The molecule has 0 fully saturated rings. The van der Waals surface area contributed by atoms with Gasteiger partial charge >= 0.3 is 0 Å². The Bertz CT molecular complexity index is 3510. The van der Waals surface area contributed by atoms with E-state index in [0.29, 0.717) is 0 Å². The van der Waals surface area contributed by atoms with Crippen LogP contribution < -0.4 is 31.4 Å². The standard InChI is InChI=1S/C69H83BN2OSi/c1-63(2,3)43-23-28-58-47(37-43)60-62(73-58)72(45-25-27-49-51(39-45)67(10,11)32-30-65(49,6)7)57-36-42(46-21-19-20-22-59(46)74(16,17)18)35-56-61(57)70(60)54-40-52-53(69(14,15)34-33-68(52,12)13)41-55(54)71(56)44-24-26-48-50(38-44)66(8,9)31-29-64(48,4)5/h19-28,35-41H,29-34H2,1-18H3. The van der Waals surface area contributed by atoms with Gasteiger partial charge in [0.1, 0.15) is 5.58 Å². The summed E-state index contributed by atoms with van der Waals surface area (Å²) in [6.45, 7) is 44.2. The fourth-order valence-electron chi connectivity index (χ4n) is 14.6. The molecule has 0 amide bonds. The van der Waals surface area contributed by atoms with Crippen molar-refractivity contribution in [3.05, 3.63) is 142 Å².